The first-order chi connectivity index (χ1) is 14.6. The van der Waals surface area contributed by atoms with Gasteiger partial charge in [0.05, 0.1) is 7.11 Å². The Morgan fingerprint density at radius 3 is 2.53 bits per heavy atom. The quantitative estimate of drug-likeness (QED) is 0.517. The molecule has 2 rings (SSSR count). The molecule has 6 heteroatoms. The number of methoxy groups -OCH3 is 1. The first-order valence-electron chi connectivity index (χ1n) is 9.94. The van der Waals surface area contributed by atoms with Gasteiger partial charge in [0.15, 0.2) is 11.5 Å². The first kappa shape index (κ1) is 23.6. The van der Waals surface area contributed by atoms with E-state index in [1.165, 1.54) is 0 Å². The number of benzene rings is 2. The highest BCUT2D eigenvalue weighted by atomic mass is 35.5. The van der Waals surface area contributed by atoms with Gasteiger partial charge in [-0.25, -0.2) is 0 Å². The molecule has 0 aliphatic carbocycles. The largest absolute Gasteiger partial charge is 0.493 e. The maximum absolute atomic E-state index is 12.6. The van der Waals surface area contributed by atoms with Crippen LogP contribution in [0, 0.1) is 12.3 Å². The lowest BCUT2D eigenvalue weighted by Crippen LogP contribution is -2.37. The van der Waals surface area contributed by atoms with Crippen molar-refractivity contribution >= 4 is 17.5 Å². The van der Waals surface area contributed by atoms with Gasteiger partial charge < -0.3 is 19.5 Å². The molecule has 0 aliphatic rings. The van der Waals surface area contributed by atoms with Crippen LogP contribution in [-0.2, 0) is 22.4 Å². The number of halogens is 1. The highest BCUT2D eigenvalue weighted by molar-refractivity contribution is 6.30. The summed E-state index contributed by atoms with van der Waals surface area (Å²) < 4.78 is 16.5. The van der Waals surface area contributed by atoms with Gasteiger partial charge in [-0.2, -0.15) is 0 Å². The van der Waals surface area contributed by atoms with Crippen molar-refractivity contribution < 1.29 is 19.0 Å². The van der Waals surface area contributed by atoms with Crippen LogP contribution in [0.5, 0.6) is 11.5 Å². The van der Waals surface area contributed by atoms with E-state index in [1.54, 1.807) is 7.11 Å². The minimum absolute atomic E-state index is 0.105. The molecule has 30 heavy (non-hydrogen) atoms. The zero-order valence-electron chi connectivity index (χ0n) is 17.4. The summed E-state index contributed by atoms with van der Waals surface area (Å²) in [4.78, 5) is 12.6. The Labute approximate surface area is 183 Å². The molecular weight excluding hydrogens is 402 g/mol. The van der Waals surface area contributed by atoms with E-state index in [9.17, 15) is 4.79 Å². The van der Waals surface area contributed by atoms with Crippen LogP contribution < -0.4 is 14.8 Å². The minimum Gasteiger partial charge on any atom is -0.493 e. The van der Waals surface area contributed by atoms with Crippen LogP contribution >= 0.6 is 11.6 Å². The number of hydrogen-bond donors (Lipinski definition) is 1. The molecule has 0 saturated carbocycles. The van der Waals surface area contributed by atoms with Crippen molar-refractivity contribution in [3.05, 3.63) is 58.6 Å². The molecule has 0 saturated heterocycles. The van der Waals surface area contributed by atoms with Crippen LogP contribution in [0.25, 0.3) is 0 Å². The Hall–Kier alpha value is -2.68. The van der Waals surface area contributed by atoms with Crippen molar-refractivity contribution in [1.29, 1.82) is 0 Å². The fraction of sp³-hybridized carbons (Fsp3) is 0.375. The van der Waals surface area contributed by atoms with Gasteiger partial charge in [-0.15, -0.1) is 6.42 Å². The topological polar surface area (TPSA) is 56.8 Å². The Morgan fingerprint density at radius 1 is 1.13 bits per heavy atom. The Morgan fingerprint density at radius 2 is 1.87 bits per heavy atom. The maximum Gasteiger partial charge on any atom is 0.249 e. The van der Waals surface area contributed by atoms with E-state index >= 15 is 0 Å². The molecule has 1 amide bonds. The van der Waals surface area contributed by atoms with Gasteiger partial charge in [0.25, 0.3) is 0 Å². The number of ether oxygens (including phenoxy) is 3. The lowest BCUT2D eigenvalue weighted by molar-refractivity contribution is -0.132. The predicted molar refractivity (Wildman–Crippen MR) is 119 cm³/mol. The van der Waals surface area contributed by atoms with Crippen molar-refractivity contribution in [2.24, 2.45) is 0 Å². The summed E-state index contributed by atoms with van der Waals surface area (Å²) in [5.41, 5.74) is 2.14. The molecule has 2 aromatic rings. The van der Waals surface area contributed by atoms with Crippen LogP contribution in [0.1, 0.15) is 24.5 Å². The Bertz CT molecular complexity index is 845. The number of carbonyl (C=O) groups excluding carboxylic acids is 1. The van der Waals surface area contributed by atoms with Crippen molar-refractivity contribution in [1.82, 2.24) is 5.32 Å². The average Bonchev–Trinajstić information content (AvgIpc) is 2.76. The summed E-state index contributed by atoms with van der Waals surface area (Å²) in [7, 11) is 1.58. The van der Waals surface area contributed by atoms with Gasteiger partial charge in [0.1, 0.15) is 12.7 Å². The third-order valence-electron chi connectivity index (χ3n) is 4.52. The number of amides is 1. The van der Waals surface area contributed by atoms with Crippen LogP contribution in [-0.4, -0.2) is 38.9 Å². The van der Waals surface area contributed by atoms with Crippen LogP contribution in [0.15, 0.2) is 42.5 Å². The van der Waals surface area contributed by atoms with Crippen molar-refractivity contribution in [3.63, 3.8) is 0 Å². The molecule has 1 unspecified atom stereocenters. The van der Waals surface area contributed by atoms with Gasteiger partial charge in [-0.3, -0.25) is 4.79 Å². The fourth-order valence-electron chi connectivity index (χ4n) is 2.99. The molecule has 0 aromatic heterocycles. The molecule has 1 N–H and O–H groups in total. The highest BCUT2D eigenvalue weighted by Crippen LogP contribution is 2.28. The number of hydrogen-bond acceptors (Lipinski definition) is 4. The molecule has 2 aromatic carbocycles. The summed E-state index contributed by atoms with van der Waals surface area (Å²) >= 11 is 5.92. The van der Waals surface area contributed by atoms with E-state index in [2.05, 4.69) is 11.2 Å². The third kappa shape index (κ3) is 7.62. The third-order valence-corrected chi connectivity index (χ3v) is 4.77. The predicted octanol–water partition coefficient (Wildman–Crippen LogP) is 4.06. The van der Waals surface area contributed by atoms with Crippen molar-refractivity contribution in [3.8, 4) is 23.8 Å². The molecule has 0 bridgehead atoms. The number of nitrogens with one attached hydrogen (secondary N) is 1. The minimum atomic E-state index is -0.486. The van der Waals surface area contributed by atoms with Crippen molar-refractivity contribution in [2.45, 2.75) is 32.3 Å². The number of terminal acetylenes is 1. The van der Waals surface area contributed by atoms with Gasteiger partial charge >= 0.3 is 0 Å². The summed E-state index contributed by atoms with van der Waals surface area (Å²) in [6, 6.07) is 13.3. The van der Waals surface area contributed by atoms with Gasteiger partial charge in [-0.1, -0.05) is 35.7 Å². The van der Waals surface area contributed by atoms with Gasteiger partial charge in [-0.05, 0) is 61.6 Å². The smallest absolute Gasteiger partial charge is 0.249 e. The summed E-state index contributed by atoms with van der Waals surface area (Å²) in [5, 5.41) is 3.66. The number of rotatable bonds is 12. The van der Waals surface area contributed by atoms with Crippen LogP contribution in [0.3, 0.4) is 0 Å². The molecule has 0 radical (unpaired) electrons. The number of aryl methyl sites for hydroxylation is 1. The maximum atomic E-state index is 12.6. The second kappa shape index (κ2) is 12.8. The standard InChI is InChI=1S/C24H28ClNO4/c1-4-16-30-21-12-9-19(17-23(21)28-3)14-15-26-24(27)22(29-5-2)13-8-18-6-10-20(25)11-7-18/h1,6-7,9-12,17,22H,5,8,13-16H2,2-3H3,(H,26,27). The average molecular weight is 430 g/mol. The Kier molecular flexibility index (Phi) is 10.1. The van der Waals surface area contributed by atoms with E-state index in [0.29, 0.717) is 42.5 Å². The molecular formula is C24H28ClNO4. The molecule has 0 heterocycles. The van der Waals surface area contributed by atoms with Gasteiger partial charge in [0, 0.05) is 18.2 Å². The van der Waals surface area contributed by atoms with Crippen LogP contribution in [0.4, 0.5) is 0 Å². The summed E-state index contributed by atoms with van der Waals surface area (Å²) in [6.45, 7) is 3.05. The highest BCUT2D eigenvalue weighted by Gasteiger charge is 2.18. The molecule has 1 atom stereocenters. The van der Waals surface area contributed by atoms with Crippen LogP contribution in [0.2, 0.25) is 5.02 Å². The van der Waals surface area contributed by atoms with E-state index in [-0.39, 0.29) is 12.5 Å². The number of carbonyl (C=O) groups is 1. The first-order valence-corrected chi connectivity index (χ1v) is 10.3. The molecule has 0 aliphatic heterocycles. The second-order valence-electron chi connectivity index (χ2n) is 6.63. The zero-order chi connectivity index (χ0) is 21.8. The molecule has 160 valence electrons. The normalized spacial score (nSPS) is 11.4. The van der Waals surface area contributed by atoms with E-state index in [1.807, 2.05) is 49.4 Å². The molecule has 5 nitrogen and oxygen atoms in total. The zero-order valence-corrected chi connectivity index (χ0v) is 18.2. The summed E-state index contributed by atoms with van der Waals surface area (Å²) in [6.07, 6.45) is 6.75. The van der Waals surface area contributed by atoms with Crippen molar-refractivity contribution in [2.75, 3.05) is 26.9 Å². The summed E-state index contributed by atoms with van der Waals surface area (Å²) in [5.74, 6) is 3.54. The van der Waals surface area contributed by atoms with E-state index < -0.39 is 6.10 Å². The lowest BCUT2D eigenvalue weighted by Gasteiger charge is -2.17. The Balaban J connectivity index is 1.86. The van der Waals surface area contributed by atoms with Gasteiger partial charge in [0.2, 0.25) is 5.91 Å². The monoisotopic (exact) mass is 429 g/mol. The van der Waals surface area contributed by atoms with E-state index in [4.69, 9.17) is 32.2 Å². The SMILES string of the molecule is C#CCOc1ccc(CCNC(=O)C(CCc2ccc(Cl)cc2)OCC)cc1OC. The lowest BCUT2D eigenvalue weighted by atomic mass is 10.1. The van der Waals surface area contributed by atoms with E-state index in [0.717, 1.165) is 17.5 Å². The molecule has 0 spiro atoms. The molecule has 0 fully saturated rings. The fourth-order valence-corrected chi connectivity index (χ4v) is 3.12. The second-order valence-corrected chi connectivity index (χ2v) is 7.06.